The Balaban J connectivity index is 2.05. The first kappa shape index (κ1) is 14.1. The lowest BCUT2D eigenvalue weighted by Gasteiger charge is -2.44. The molecule has 2 atom stereocenters. The standard InChI is InChI=1S/C13H23N3O3/c1-8-6-13(7-8,11(14)16-18)12(17)15-9-4-3-5-10(9)19-2/h8-10,18H,3-7H2,1-2H3,(H2,14,16)(H,15,17). The van der Waals surface area contributed by atoms with Crippen molar-refractivity contribution in [2.45, 2.75) is 51.2 Å². The van der Waals surface area contributed by atoms with Crippen LogP contribution in [-0.4, -0.2) is 36.2 Å². The van der Waals surface area contributed by atoms with E-state index in [0.29, 0.717) is 18.8 Å². The van der Waals surface area contributed by atoms with Gasteiger partial charge in [-0.15, -0.1) is 0 Å². The lowest BCUT2D eigenvalue weighted by atomic mass is 9.61. The molecule has 0 aromatic heterocycles. The first-order chi connectivity index (χ1) is 9.03. The average molecular weight is 269 g/mol. The summed E-state index contributed by atoms with van der Waals surface area (Å²) < 4.78 is 5.37. The fraction of sp³-hybridized carbons (Fsp3) is 0.846. The second-order valence-corrected chi connectivity index (χ2v) is 5.87. The third-order valence-corrected chi connectivity index (χ3v) is 4.50. The largest absolute Gasteiger partial charge is 0.409 e. The van der Waals surface area contributed by atoms with Crippen LogP contribution in [0.1, 0.15) is 39.0 Å². The molecular formula is C13H23N3O3. The molecular weight excluding hydrogens is 246 g/mol. The molecule has 0 spiro atoms. The smallest absolute Gasteiger partial charge is 0.234 e. The zero-order valence-electron chi connectivity index (χ0n) is 11.6. The molecule has 0 heterocycles. The minimum atomic E-state index is -0.824. The Hall–Kier alpha value is -1.30. The summed E-state index contributed by atoms with van der Waals surface area (Å²) in [6, 6.07) is 0.0387. The van der Waals surface area contributed by atoms with Crippen molar-refractivity contribution in [2.75, 3.05) is 7.11 Å². The van der Waals surface area contributed by atoms with Crippen LogP contribution in [0.15, 0.2) is 5.16 Å². The summed E-state index contributed by atoms with van der Waals surface area (Å²) in [6.07, 6.45) is 4.29. The van der Waals surface area contributed by atoms with E-state index in [1.54, 1.807) is 7.11 Å². The number of hydrogen-bond acceptors (Lipinski definition) is 4. The highest BCUT2D eigenvalue weighted by Crippen LogP contribution is 2.46. The van der Waals surface area contributed by atoms with Gasteiger partial charge in [0, 0.05) is 7.11 Å². The molecule has 2 fully saturated rings. The average Bonchev–Trinajstić information content (AvgIpc) is 2.80. The molecule has 2 aliphatic carbocycles. The molecule has 2 unspecified atom stereocenters. The highest BCUT2D eigenvalue weighted by molar-refractivity contribution is 6.07. The molecule has 0 aromatic rings. The van der Waals surface area contributed by atoms with Crippen molar-refractivity contribution < 1.29 is 14.7 Å². The Morgan fingerprint density at radius 2 is 2.16 bits per heavy atom. The van der Waals surface area contributed by atoms with Gasteiger partial charge in [-0.3, -0.25) is 4.79 Å². The Kier molecular flexibility index (Phi) is 3.99. The molecule has 6 nitrogen and oxygen atoms in total. The predicted octanol–water partition coefficient (Wildman–Crippen LogP) is 0.833. The molecule has 0 saturated heterocycles. The number of carbonyl (C=O) groups is 1. The van der Waals surface area contributed by atoms with Crippen molar-refractivity contribution in [3.8, 4) is 0 Å². The summed E-state index contributed by atoms with van der Waals surface area (Å²) in [5.41, 5.74) is 4.90. The maximum atomic E-state index is 12.5. The topological polar surface area (TPSA) is 96.9 Å². The van der Waals surface area contributed by atoms with Crippen LogP contribution in [0.25, 0.3) is 0 Å². The van der Waals surface area contributed by atoms with Crippen molar-refractivity contribution >= 4 is 11.7 Å². The van der Waals surface area contributed by atoms with E-state index in [1.807, 2.05) is 0 Å². The van der Waals surface area contributed by atoms with Crippen LogP contribution in [0.5, 0.6) is 0 Å². The maximum Gasteiger partial charge on any atom is 0.234 e. The number of ether oxygens (including phenoxy) is 1. The Morgan fingerprint density at radius 3 is 2.68 bits per heavy atom. The van der Waals surface area contributed by atoms with E-state index in [4.69, 9.17) is 15.7 Å². The van der Waals surface area contributed by atoms with Gasteiger partial charge in [0.05, 0.1) is 12.1 Å². The number of methoxy groups -OCH3 is 1. The number of carbonyl (C=O) groups excluding carboxylic acids is 1. The summed E-state index contributed by atoms with van der Waals surface area (Å²) >= 11 is 0. The molecule has 6 heteroatoms. The van der Waals surface area contributed by atoms with Crippen molar-refractivity contribution in [1.82, 2.24) is 5.32 Å². The molecule has 2 rings (SSSR count). The number of nitrogens with two attached hydrogens (primary N) is 1. The molecule has 108 valence electrons. The normalized spacial score (nSPS) is 38.8. The number of rotatable bonds is 4. The second kappa shape index (κ2) is 5.36. The van der Waals surface area contributed by atoms with Crippen LogP contribution in [0, 0.1) is 11.3 Å². The third kappa shape index (κ3) is 2.41. The summed E-state index contributed by atoms with van der Waals surface area (Å²) in [5, 5.41) is 15.0. The van der Waals surface area contributed by atoms with E-state index in [1.165, 1.54) is 0 Å². The van der Waals surface area contributed by atoms with Crippen LogP contribution in [-0.2, 0) is 9.53 Å². The third-order valence-electron chi connectivity index (χ3n) is 4.50. The lowest BCUT2D eigenvalue weighted by Crippen LogP contribution is -2.59. The van der Waals surface area contributed by atoms with Crippen molar-refractivity contribution in [2.24, 2.45) is 22.2 Å². The quantitative estimate of drug-likeness (QED) is 0.305. The molecule has 19 heavy (non-hydrogen) atoms. The highest BCUT2D eigenvalue weighted by atomic mass is 16.5. The summed E-state index contributed by atoms with van der Waals surface area (Å²) in [4.78, 5) is 12.5. The summed E-state index contributed by atoms with van der Waals surface area (Å²) in [5.74, 6) is 0.317. The van der Waals surface area contributed by atoms with Gasteiger partial charge in [-0.2, -0.15) is 0 Å². The maximum absolute atomic E-state index is 12.5. The first-order valence-electron chi connectivity index (χ1n) is 6.85. The predicted molar refractivity (Wildman–Crippen MR) is 70.8 cm³/mol. The van der Waals surface area contributed by atoms with Gasteiger partial charge in [0.2, 0.25) is 5.91 Å². The summed E-state index contributed by atoms with van der Waals surface area (Å²) in [7, 11) is 1.67. The molecule has 4 N–H and O–H groups in total. The molecule has 0 radical (unpaired) electrons. The minimum Gasteiger partial charge on any atom is -0.409 e. The Bertz CT molecular complexity index is 377. The van der Waals surface area contributed by atoms with Crippen molar-refractivity contribution in [1.29, 1.82) is 0 Å². The molecule has 0 aromatic carbocycles. The molecule has 1 amide bonds. The van der Waals surface area contributed by atoms with Crippen molar-refractivity contribution in [3.63, 3.8) is 0 Å². The Labute approximate surface area is 113 Å². The van der Waals surface area contributed by atoms with Crippen LogP contribution in [0.4, 0.5) is 0 Å². The number of amidine groups is 1. The molecule has 2 saturated carbocycles. The summed E-state index contributed by atoms with van der Waals surface area (Å²) in [6.45, 7) is 2.06. The van der Waals surface area contributed by atoms with Gasteiger partial charge in [-0.25, -0.2) is 0 Å². The van der Waals surface area contributed by atoms with Gasteiger partial charge in [0.15, 0.2) is 5.84 Å². The van der Waals surface area contributed by atoms with E-state index in [0.717, 1.165) is 19.3 Å². The van der Waals surface area contributed by atoms with Gasteiger partial charge in [0.25, 0.3) is 0 Å². The zero-order valence-corrected chi connectivity index (χ0v) is 11.6. The number of amides is 1. The zero-order chi connectivity index (χ0) is 14.0. The van der Waals surface area contributed by atoms with E-state index in [2.05, 4.69) is 17.4 Å². The van der Waals surface area contributed by atoms with Crippen LogP contribution < -0.4 is 11.1 Å². The number of nitrogens with zero attached hydrogens (tertiary/aromatic N) is 1. The van der Waals surface area contributed by atoms with Gasteiger partial charge < -0.3 is 21.0 Å². The fourth-order valence-corrected chi connectivity index (χ4v) is 3.42. The van der Waals surface area contributed by atoms with Crippen LogP contribution in [0.2, 0.25) is 0 Å². The number of hydrogen-bond donors (Lipinski definition) is 3. The number of oxime groups is 1. The van der Waals surface area contributed by atoms with E-state index in [9.17, 15) is 4.79 Å². The monoisotopic (exact) mass is 269 g/mol. The Morgan fingerprint density at radius 1 is 1.47 bits per heavy atom. The van der Waals surface area contributed by atoms with Gasteiger partial charge >= 0.3 is 0 Å². The van der Waals surface area contributed by atoms with Crippen LogP contribution >= 0.6 is 0 Å². The van der Waals surface area contributed by atoms with Crippen LogP contribution in [0.3, 0.4) is 0 Å². The van der Waals surface area contributed by atoms with E-state index >= 15 is 0 Å². The molecule has 0 aliphatic heterocycles. The fourth-order valence-electron chi connectivity index (χ4n) is 3.42. The van der Waals surface area contributed by atoms with E-state index in [-0.39, 0.29) is 23.9 Å². The van der Waals surface area contributed by atoms with Gasteiger partial charge in [-0.05, 0) is 38.0 Å². The highest BCUT2D eigenvalue weighted by Gasteiger charge is 2.52. The lowest BCUT2D eigenvalue weighted by molar-refractivity contribution is -0.134. The van der Waals surface area contributed by atoms with Crippen molar-refractivity contribution in [3.05, 3.63) is 0 Å². The van der Waals surface area contributed by atoms with E-state index < -0.39 is 5.41 Å². The molecule has 0 bridgehead atoms. The first-order valence-corrected chi connectivity index (χ1v) is 6.85. The minimum absolute atomic E-state index is 0.0232. The number of nitrogens with one attached hydrogen (secondary N) is 1. The SMILES string of the molecule is COC1CCCC1NC(=O)C1(C(N)=NO)CC(C)C1. The second-order valence-electron chi connectivity index (χ2n) is 5.87. The molecule has 2 aliphatic rings. The van der Waals surface area contributed by atoms with Gasteiger partial charge in [-0.1, -0.05) is 12.1 Å². The van der Waals surface area contributed by atoms with Gasteiger partial charge in [0.1, 0.15) is 5.41 Å².